The van der Waals surface area contributed by atoms with Crippen LogP contribution in [0.15, 0.2) is 55.4 Å². The van der Waals surface area contributed by atoms with Crippen molar-refractivity contribution in [2.24, 2.45) is 0 Å². The average Bonchev–Trinajstić information content (AvgIpc) is 3.35. The van der Waals surface area contributed by atoms with E-state index in [0.717, 1.165) is 11.1 Å². The summed E-state index contributed by atoms with van der Waals surface area (Å²) >= 11 is 0. The van der Waals surface area contributed by atoms with Crippen LogP contribution in [0.5, 0.6) is 0 Å². The molecule has 10 heteroatoms. The largest absolute Gasteiger partial charge is 0.322 e. The van der Waals surface area contributed by atoms with Gasteiger partial charge in [0.1, 0.15) is 17.7 Å². The van der Waals surface area contributed by atoms with Crippen LogP contribution in [0.25, 0.3) is 22.4 Å². The van der Waals surface area contributed by atoms with E-state index in [0.29, 0.717) is 11.3 Å². The molecule has 5 rings (SSSR count). The molecule has 3 aromatic heterocycles. The third kappa shape index (κ3) is 3.18. The highest BCUT2D eigenvalue weighted by Crippen LogP contribution is 2.23. The molecule has 0 aliphatic carbocycles. The maximum atomic E-state index is 14.4. The van der Waals surface area contributed by atoms with Crippen LogP contribution < -0.4 is 5.32 Å². The molecule has 4 aromatic rings. The number of alkyl halides is 1. The van der Waals surface area contributed by atoms with Crippen LogP contribution in [0.1, 0.15) is 0 Å². The molecular formula is C19H15F2N7O. The lowest BCUT2D eigenvalue weighted by Gasteiger charge is -2.34. The summed E-state index contributed by atoms with van der Waals surface area (Å²) in [5.41, 5.74) is 1.81. The van der Waals surface area contributed by atoms with Gasteiger partial charge < -0.3 is 14.8 Å². The van der Waals surface area contributed by atoms with E-state index in [1.807, 2.05) is 6.07 Å². The Morgan fingerprint density at radius 3 is 2.86 bits per heavy atom. The van der Waals surface area contributed by atoms with Crippen molar-refractivity contribution in [3.8, 4) is 11.4 Å². The number of nitrogens with one attached hydrogen (secondary N) is 1. The summed E-state index contributed by atoms with van der Waals surface area (Å²) in [6, 6.07) is 5.61. The zero-order chi connectivity index (χ0) is 20.0. The summed E-state index contributed by atoms with van der Waals surface area (Å²) in [5.74, 6) is -0.501. The van der Waals surface area contributed by atoms with Crippen LogP contribution in [0.4, 0.5) is 19.3 Å². The number of aromatic nitrogens is 5. The summed E-state index contributed by atoms with van der Waals surface area (Å²) in [4.78, 5) is 21.8. The number of carbonyl (C=O) groups is 1. The number of hydrogen-bond acceptors (Lipinski definition) is 4. The van der Waals surface area contributed by atoms with Crippen molar-refractivity contribution in [1.82, 2.24) is 29.2 Å². The quantitative estimate of drug-likeness (QED) is 0.578. The van der Waals surface area contributed by atoms with Gasteiger partial charge in [0, 0.05) is 29.7 Å². The summed E-state index contributed by atoms with van der Waals surface area (Å²) < 4.78 is 30.6. The fraction of sp³-hybridized carbons (Fsp3) is 0.158. The van der Waals surface area contributed by atoms with Gasteiger partial charge >= 0.3 is 6.03 Å². The molecule has 1 aromatic carbocycles. The summed E-state index contributed by atoms with van der Waals surface area (Å²) in [6.45, 7) is 0.130. The molecule has 4 heterocycles. The minimum atomic E-state index is -0.985. The molecule has 8 nitrogen and oxygen atoms in total. The molecule has 1 aliphatic rings. The van der Waals surface area contributed by atoms with E-state index in [1.54, 1.807) is 35.7 Å². The van der Waals surface area contributed by atoms with Crippen LogP contribution in [0.2, 0.25) is 0 Å². The Bertz CT molecular complexity index is 1200. The van der Waals surface area contributed by atoms with E-state index in [9.17, 15) is 13.6 Å². The number of pyridine rings is 1. The smallest absolute Gasteiger partial charge is 0.319 e. The Hall–Kier alpha value is -3.82. The topological polar surface area (TPSA) is 80.9 Å². The number of fused-ring (bicyclic) bond motifs is 1. The molecule has 146 valence electrons. The first kappa shape index (κ1) is 17.3. The van der Waals surface area contributed by atoms with E-state index < -0.39 is 18.0 Å². The van der Waals surface area contributed by atoms with Crippen LogP contribution >= 0.6 is 0 Å². The lowest BCUT2D eigenvalue weighted by Crippen LogP contribution is -2.53. The van der Waals surface area contributed by atoms with Crippen molar-refractivity contribution in [3.63, 3.8) is 0 Å². The lowest BCUT2D eigenvalue weighted by molar-refractivity contribution is 0.0974. The third-order valence-electron chi connectivity index (χ3n) is 4.72. The molecular weight excluding hydrogens is 380 g/mol. The Kier molecular flexibility index (Phi) is 3.97. The van der Waals surface area contributed by atoms with Crippen molar-refractivity contribution in [1.29, 1.82) is 0 Å². The van der Waals surface area contributed by atoms with Gasteiger partial charge in [-0.1, -0.05) is 0 Å². The standard InChI is InChI=1S/C19H15F2N7O/c20-13-9-27(10-13)19(29)24-14-1-2-16(21)17(6-14)28-8-12-5-15(7-23-18(12)25-28)26-4-3-22-11-26/h1-8,11,13H,9-10H2,(H,24,29). The molecule has 0 spiro atoms. The van der Waals surface area contributed by atoms with Crippen molar-refractivity contribution in [2.75, 3.05) is 18.4 Å². The van der Waals surface area contributed by atoms with Crippen molar-refractivity contribution < 1.29 is 13.6 Å². The Balaban J connectivity index is 1.45. The molecule has 0 atom stereocenters. The molecule has 2 amide bonds. The first-order valence-corrected chi connectivity index (χ1v) is 8.90. The Morgan fingerprint density at radius 1 is 1.24 bits per heavy atom. The van der Waals surface area contributed by atoms with Crippen molar-refractivity contribution >= 4 is 22.8 Å². The maximum Gasteiger partial charge on any atom is 0.322 e. The minimum absolute atomic E-state index is 0.0648. The van der Waals surface area contributed by atoms with E-state index in [4.69, 9.17) is 0 Å². The summed E-state index contributed by atoms with van der Waals surface area (Å²) in [7, 11) is 0. The predicted molar refractivity (Wildman–Crippen MR) is 101 cm³/mol. The van der Waals surface area contributed by atoms with Gasteiger partial charge in [-0.25, -0.2) is 28.2 Å². The molecule has 0 unspecified atom stereocenters. The lowest BCUT2D eigenvalue weighted by atomic mass is 10.2. The minimum Gasteiger partial charge on any atom is -0.319 e. The summed E-state index contributed by atoms with van der Waals surface area (Å²) in [6.07, 6.45) is 7.44. The SMILES string of the molecule is O=C(Nc1ccc(F)c(-n2cc3cc(-n4ccnc4)cnc3n2)c1)N1CC(F)C1. The molecule has 29 heavy (non-hydrogen) atoms. The van der Waals surface area contributed by atoms with Crippen LogP contribution in [-0.2, 0) is 0 Å². The number of urea groups is 1. The highest BCUT2D eigenvalue weighted by molar-refractivity contribution is 5.90. The molecule has 0 saturated carbocycles. The van der Waals surface area contributed by atoms with Crippen LogP contribution in [-0.4, -0.2) is 54.5 Å². The van der Waals surface area contributed by atoms with Gasteiger partial charge in [0.15, 0.2) is 5.65 Å². The number of carbonyl (C=O) groups excluding carboxylic acids is 1. The normalized spacial score (nSPS) is 14.2. The average molecular weight is 395 g/mol. The first-order chi connectivity index (χ1) is 14.1. The second-order valence-electron chi connectivity index (χ2n) is 6.75. The zero-order valence-electron chi connectivity index (χ0n) is 15.0. The van der Waals surface area contributed by atoms with Crippen LogP contribution in [0, 0.1) is 5.82 Å². The van der Waals surface area contributed by atoms with E-state index in [1.165, 1.54) is 27.8 Å². The molecule has 0 radical (unpaired) electrons. The second-order valence-corrected chi connectivity index (χ2v) is 6.75. The highest BCUT2D eigenvalue weighted by Gasteiger charge is 2.30. The zero-order valence-corrected chi connectivity index (χ0v) is 15.0. The number of anilines is 1. The van der Waals surface area contributed by atoms with Gasteiger partial charge in [-0.15, -0.1) is 5.10 Å². The van der Waals surface area contributed by atoms with Gasteiger partial charge in [0.05, 0.1) is 31.3 Å². The highest BCUT2D eigenvalue weighted by atomic mass is 19.1. The monoisotopic (exact) mass is 395 g/mol. The van der Waals surface area contributed by atoms with E-state index >= 15 is 0 Å². The van der Waals surface area contributed by atoms with Gasteiger partial charge in [-0.2, -0.15) is 0 Å². The second kappa shape index (κ2) is 6.66. The van der Waals surface area contributed by atoms with Crippen molar-refractivity contribution in [3.05, 3.63) is 61.2 Å². The molecule has 1 N–H and O–H groups in total. The molecule has 1 fully saturated rings. The number of halogens is 2. The Morgan fingerprint density at radius 2 is 2.10 bits per heavy atom. The number of benzene rings is 1. The fourth-order valence-electron chi connectivity index (χ4n) is 3.14. The number of likely N-dealkylation sites (tertiary alicyclic amines) is 1. The number of amides is 2. The summed E-state index contributed by atoms with van der Waals surface area (Å²) in [5, 5.41) is 7.70. The van der Waals surface area contributed by atoms with E-state index in [-0.39, 0.29) is 18.8 Å². The fourth-order valence-corrected chi connectivity index (χ4v) is 3.14. The van der Waals surface area contributed by atoms with Gasteiger partial charge in [0.2, 0.25) is 0 Å². The maximum absolute atomic E-state index is 14.4. The first-order valence-electron chi connectivity index (χ1n) is 8.90. The van der Waals surface area contributed by atoms with Crippen LogP contribution in [0.3, 0.4) is 0 Å². The third-order valence-corrected chi connectivity index (χ3v) is 4.72. The Labute approximate surface area is 163 Å². The predicted octanol–water partition coefficient (Wildman–Crippen LogP) is 2.93. The molecule has 0 bridgehead atoms. The van der Waals surface area contributed by atoms with E-state index in [2.05, 4.69) is 20.4 Å². The number of nitrogens with zero attached hydrogens (tertiary/aromatic N) is 6. The van der Waals surface area contributed by atoms with Gasteiger partial charge in [0.25, 0.3) is 0 Å². The number of hydrogen-bond donors (Lipinski definition) is 1. The van der Waals surface area contributed by atoms with Gasteiger partial charge in [-0.05, 0) is 24.3 Å². The number of rotatable bonds is 3. The van der Waals surface area contributed by atoms with Crippen molar-refractivity contribution in [2.45, 2.75) is 6.17 Å². The number of imidazole rings is 1. The van der Waals surface area contributed by atoms with Gasteiger partial charge in [-0.3, -0.25) is 0 Å². The molecule has 1 saturated heterocycles. The molecule has 1 aliphatic heterocycles.